The molecule has 0 amide bonds. The number of rotatable bonds is 9. The highest BCUT2D eigenvalue weighted by Gasteiger charge is 2.45. The molecule has 0 spiro atoms. The molecule has 17 heavy (non-hydrogen) atoms. The maximum atomic E-state index is 11.3. The van der Waals surface area contributed by atoms with Crippen LogP contribution in [-0.4, -0.2) is 33.5 Å². The van der Waals surface area contributed by atoms with E-state index >= 15 is 0 Å². The van der Waals surface area contributed by atoms with Crippen molar-refractivity contribution in [1.29, 1.82) is 0 Å². The second-order valence-corrected chi connectivity index (χ2v) is 7.23. The Kier molecular flexibility index (Phi) is 8.12. The van der Waals surface area contributed by atoms with Gasteiger partial charge in [-0.1, -0.05) is 19.9 Å². The normalized spacial score (nSPS) is 13.2. The number of ether oxygens (including phenoxy) is 1. The Morgan fingerprint density at radius 1 is 1.29 bits per heavy atom. The first-order valence-electron chi connectivity index (χ1n) is 6.17. The Balaban J connectivity index is 4.82. The van der Waals surface area contributed by atoms with Gasteiger partial charge in [0.25, 0.3) is 0 Å². The molecule has 1 atom stereocenters. The maximum absolute atomic E-state index is 11.3. The Hall–Kier alpha value is -0.653. The second kappa shape index (κ2) is 8.44. The zero-order valence-corrected chi connectivity index (χ0v) is 12.3. The lowest BCUT2D eigenvalue weighted by molar-refractivity contribution is -0.140. The Bertz CT molecular complexity index is 226. The van der Waals surface area contributed by atoms with Crippen molar-refractivity contribution in [3.05, 3.63) is 12.7 Å². The largest absolute Gasteiger partial charge is 0.458 e. The predicted molar refractivity (Wildman–Crippen MR) is 69.9 cm³/mol. The smallest absolute Gasteiger partial charge is 0.380 e. The number of hydrogen-bond donors (Lipinski definition) is 0. The molecule has 0 saturated carbocycles. The van der Waals surface area contributed by atoms with Gasteiger partial charge in [0.1, 0.15) is 5.73 Å². The van der Waals surface area contributed by atoms with Crippen molar-refractivity contribution in [2.45, 2.75) is 45.9 Å². The van der Waals surface area contributed by atoms with Gasteiger partial charge in [0, 0.05) is 19.3 Å². The van der Waals surface area contributed by atoms with Gasteiger partial charge in [0.15, 0.2) is 0 Å². The first-order valence-corrected chi connectivity index (χ1v) is 8.27. The summed E-state index contributed by atoms with van der Waals surface area (Å²) in [5, 5.41) is 0. The lowest BCUT2D eigenvalue weighted by Crippen LogP contribution is -2.54. The molecule has 1 unspecified atom stereocenters. The van der Waals surface area contributed by atoms with Crippen LogP contribution in [0, 0.1) is 0 Å². The molecule has 0 aliphatic carbocycles. The van der Waals surface area contributed by atoms with Gasteiger partial charge in [-0.05, 0) is 26.8 Å². The molecule has 0 bridgehead atoms. The molecular weight excluding hydrogens is 236 g/mol. The molecule has 0 aromatic heterocycles. The summed E-state index contributed by atoms with van der Waals surface area (Å²) in [4.78, 5) is 11.3. The number of carbonyl (C=O) groups is 1. The standard InChI is InChI=1S/C12H24O4Si/c1-6-10-17(14-8-3,15-9-4)11(5)16-12(13)7-2/h7,11H,2,6,8-10H2,1,3-5H3. The summed E-state index contributed by atoms with van der Waals surface area (Å²) in [6.07, 6.45) is 2.11. The van der Waals surface area contributed by atoms with Crippen LogP contribution in [0.3, 0.4) is 0 Å². The van der Waals surface area contributed by atoms with Crippen molar-refractivity contribution in [2.75, 3.05) is 13.2 Å². The van der Waals surface area contributed by atoms with E-state index in [1.165, 1.54) is 6.08 Å². The monoisotopic (exact) mass is 260 g/mol. The lowest BCUT2D eigenvalue weighted by Gasteiger charge is -2.34. The Labute approximate surface area is 105 Å². The van der Waals surface area contributed by atoms with Crippen molar-refractivity contribution in [1.82, 2.24) is 0 Å². The summed E-state index contributed by atoms with van der Waals surface area (Å²) in [5.74, 6) is -0.426. The minimum Gasteiger partial charge on any atom is -0.458 e. The van der Waals surface area contributed by atoms with Crippen LogP contribution in [0.25, 0.3) is 0 Å². The summed E-state index contributed by atoms with van der Waals surface area (Å²) >= 11 is 0. The number of esters is 1. The molecule has 4 nitrogen and oxygen atoms in total. The fourth-order valence-electron chi connectivity index (χ4n) is 1.77. The van der Waals surface area contributed by atoms with Gasteiger partial charge in [-0.2, -0.15) is 0 Å². The molecule has 0 N–H and O–H groups in total. The number of carbonyl (C=O) groups excluding carboxylic acids is 1. The van der Waals surface area contributed by atoms with Gasteiger partial charge in [-0.15, -0.1) is 0 Å². The molecule has 0 saturated heterocycles. The van der Waals surface area contributed by atoms with Crippen LogP contribution in [0.5, 0.6) is 0 Å². The molecule has 5 heteroatoms. The van der Waals surface area contributed by atoms with E-state index in [0.717, 1.165) is 12.5 Å². The van der Waals surface area contributed by atoms with Gasteiger partial charge < -0.3 is 13.6 Å². The van der Waals surface area contributed by atoms with Crippen molar-refractivity contribution >= 4 is 14.5 Å². The van der Waals surface area contributed by atoms with E-state index in [2.05, 4.69) is 13.5 Å². The third-order valence-electron chi connectivity index (χ3n) is 2.45. The summed E-state index contributed by atoms with van der Waals surface area (Å²) in [5.41, 5.74) is -0.326. The summed E-state index contributed by atoms with van der Waals surface area (Å²) in [6, 6.07) is 0.820. The van der Waals surface area contributed by atoms with Crippen LogP contribution in [0.15, 0.2) is 12.7 Å². The van der Waals surface area contributed by atoms with Crippen molar-refractivity contribution in [2.24, 2.45) is 0 Å². The minimum atomic E-state index is -2.47. The average molecular weight is 260 g/mol. The fraction of sp³-hybridized carbons (Fsp3) is 0.750. The van der Waals surface area contributed by atoms with Gasteiger partial charge in [-0.3, -0.25) is 0 Å². The van der Waals surface area contributed by atoms with E-state index in [1.807, 2.05) is 20.8 Å². The van der Waals surface area contributed by atoms with Crippen molar-refractivity contribution in [3.8, 4) is 0 Å². The summed E-state index contributed by atoms with van der Waals surface area (Å²) < 4.78 is 16.9. The predicted octanol–water partition coefficient (Wildman–Crippen LogP) is 2.57. The Morgan fingerprint density at radius 2 is 1.82 bits per heavy atom. The molecule has 0 radical (unpaired) electrons. The van der Waals surface area contributed by atoms with Crippen LogP contribution in [0.4, 0.5) is 0 Å². The summed E-state index contributed by atoms with van der Waals surface area (Å²) in [7, 11) is -2.47. The third kappa shape index (κ3) is 5.02. The molecule has 0 rings (SSSR count). The fourth-order valence-corrected chi connectivity index (χ4v) is 4.99. The van der Waals surface area contributed by atoms with E-state index in [9.17, 15) is 4.79 Å². The first kappa shape index (κ1) is 16.3. The minimum absolute atomic E-state index is 0.326. The van der Waals surface area contributed by atoms with Crippen LogP contribution < -0.4 is 0 Å². The number of hydrogen-bond acceptors (Lipinski definition) is 4. The van der Waals surface area contributed by atoms with E-state index < -0.39 is 14.5 Å². The molecular formula is C12H24O4Si. The third-order valence-corrected chi connectivity index (χ3v) is 6.56. The highest BCUT2D eigenvalue weighted by atomic mass is 28.4. The first-order chi connectivity index (χ1) is 8.06. The second-order valence-electron chi connectivity index (χ2n) is 3.71. The average Bonchev–Trinajstić information content (AvgIpc) is 2.29. The Morgan fingerprint density at radius 3 is 2.18 bits per heavy atom. The SMILES string of the molecule is C=CC(=O)OC(C)[Si](CCC)(OCC)OCC. The van der Waals surface area contributed by atoms with Gasteiger partial charge in [-0.25, -0.2) is 4.79 Å². The van der Waals surface area contributed by atoms with Gasteiger partial charge in [0.05, 0.1) is 0 Å². The molecule has 0 aromatic carbocycles. The zero-order chi connectivity index (χ0) is 13.3. The van der Waals surface area contributed by atoms with Crippen molar-refractivity contribution in [3.63, 3.8) is 0 Å². The molecule has 0 aromatic rings. The van der Waals surface area contributed by atoms with Crippen molar-refractivity contribution < 1.29 is 18.4 Å². The molecule has 0 aliphatic heterocycles. The zero-order valence-electron chi connectivity index (χ0n) is 11.3. The highest BCUT2D eigenvalue weighted by molar-refractivity contribution is 6.68. The highest BCUT2D eigenvalue weighted by Crippen LogP contribution is 2.22. The topological polar surface area (TPSA) is 44.8 Å². The van der Waals surface area contributed by atoms with Gasteiger partial charge in [0.2, 0.25) is 0 Å². The maximum Gasteiger partial charge on any atom is 0.380 e. The molecule has 0 aliphatic rings. The van der Waals surface area contributed by atoms with E-state index in [1.54, 1.807) is 0 Å². The molecule has 0 heterocycles. The van der Waals surface area contributed by atoms with Gasteiger partial charge >= 0.3 is 14.5 Å². The quantitative estimate of drug-likeness (QED) is 0.363. The van der Waals surface area contributed by atoms with Crippen LogP contribution >= 0.6 is 0 Å². The van der Waals surface area contributed by atoms with Crippen LogP contribution in [0.2, 0.25) is 6.04 Å². The summed E-state index contributed by atoms with van der Waals surface area (Å²) in [6.45, 7) is 12.3. The molecule has 0 fully saturated rings. The van der Waals surface area contributed by atoms with Crippen LogP contribution in [-0.2, 0) is 18.4 Å². The lowest BCUT2D eigenvalue weighted by atomic mass is 10.6. The van der Waals surface area contributed by atoms with E-state index in [0.29, 0.717) is 13.2 Å². The van der Waals surface area contributed by atoms with E-state index in [4.69, 9.17) is 13.6 Å². The molecule has 100 valence electrons. The van der Waals surface area contributed by atoms with Crippen LogP contribution in [0.1, 0.15) is 34.1 Å². The van der Waals surface area contributed by atoms with E-state index in [-0.39, 0.29) is 5.73 Å².